The monoisotopic (exact) mass is 470 g/mol. The Balaban J connectivity index is 1.20. The van der Waals surface area contributed by atoms with Gasteiger partial charge >= 0.3 is 6.18 Å². The molecule has 1 saturated heterocycles. The van der Waals surface area contributed by atoms with Crippen LogP contribution in [0.15, 0.2) is 53.3 Å². The van der Waals surface area contributed by atoms with E-state index in [1.807, 2.05) is 29.7 Å². The number of benzene rings is 1. The number of piperazine rings is 1. The molecule has 1 aliphatic rings. The van der Waals surface area contributed by atoms with Crippen LogP contribution in [0.3, 0.4) is 0 Å². The zero-order valence-electron chi connectivity index (χ0n) is 18.3. The van der Waals surface area contributed by atoms with Gasteiger partial charge in [0, 0.05) is 44.1 Å². The largest absolute Gasteiger partial charge is 0.416 e. The number of fused-ring (bicyclic) bond motifs is 1. The highest BCUT2D eigenvalue weighted by molar-refractivity contribution is 5.93. The average Bonchev–Trinajstić information content (AvgIpc) is 3.45. The van der Waals surface area contributed by atoms with Crippen LogP contribution in [0.25, 0.3) is 17.0 Å². The molecule has 0 atom stereocenters. The first-order valence-electron chi connectivity index (χ1n) is 10.7. The minimum absolute atomic E-state index is 0.108. The molecule has 1 amide bonds. The van der Waals surface area contributed by atoms with E-state index in [0.717, 1.165) is 23.3 Å². The van der Waals surface area contributed by atoms with Crippen LogP contribution in [-0.2, 0) is 12.7 Å². The first kappa shape index (κ1) is 22.1. The number of carbonyl (C=O) groups excluding carboxylic acids is 1. The molecule has 1 aliphatic heterocycles. The highest BCUT2D eigenvalue weighted by Gasteiger charge is 2.31. The number of hydrogen-bond donors (Lipinski definition) is 0. The number of amides is 1. The molecule has 0 spiro atoms. The molecule has 176 valence electrons. The highest BCUT2D eigenvalue weighted by atomic mass is 19.4. The van der Waals surface area contributed by atoms with Crippen LogP contribution in [0.4, 0.5) is 13.2 Å². The van der Waals surface area contributed by atoms with Crippen molar-refractivity contribution in [3.05, 3.63) is 71.5 Å². The lowest BCUT2D eigenvalue weighted by atomic mass is 10.1. The van der Waals surface area contributed by atoms with Gasteiger partial charge in [-0.05, 0) is 36.8 Å². The van der Waals surface area contributed by atoms with Gasteiger partial charge in [0.15, 0.2) is 0 Å². The number of aryl methyl sites for hydroxylation is 1. The summed E-state index contributed by atoms with van der Waals surface area (Å²) in [6, 6.07) is 8.70. The van der Waals surface area contributed by atoms with Gasteiger partial charge in [-0.2, -0.15) is 18.2 Å². The van der Waals surface area contributed by atoms with Gasteiger partial charge in [0.1, 0.15) is 11.3 Å². The Hall–Kier alpha value is -3.73. The molecule has 1 aromatic carbocycles. The quantitative estimate of drug-likeness (QED) is 0.453. The number of alkyl halides is 3. The van der Waals surface area contributed by atoms with E-state index in [0.29, 0.717) is 44.3 Å². The predicted octanol–water partition coefficient (Wildman–Crippen LogP) is 3.67. The number of rotatable bonds is 4. The summed E-state index contributed by atoms with van der Waals surface area (Å²) >= 11 is 0. The highest BCUT2D eigenvalue weighted by Crippen LogP contribution is 2.31. The molecule has 5 rings (SSSR count). The molecule has 0 N–H and O–H groups in total. The van der Waals surface area contributed by atoms with Crippen LogP contribution in [0, 0.1) is 6.92 Å². The number of carbonyl (C=O) groups is 1. The van der Waals surface area contributed by atoms with E-state index in [9.17, 15) is 18.0 Å². The lowest BCUT2D eigenvalue weighted by Crippen LogP contribution is -2.48. The molecule has 11 heteroatoms. The smallest absolute Gasteiger partial charge is 0.338 e. The van der Waals surface area contributed by atoms with Crippen molar-refractivity contribution in [3.63, 3.8) is 0 Å². The average molecular weight is 470 g/mol. The summed E-state index contributed by atoms with van der Waals surface area (Å²) in [5.74, 6) is 0.297. The van der Waals surface area contributed by atoms with Crippen LogP contribution in [0.1, 0.15) is 27.5 Å². The number of nitrogens with zero attached hydrogens (tertiary/aromatic N) is 6. The fourth-order valence-corrected chi connectivity index (χ4v) is 3.92. The summed E-state index contributed by atoms with van der Waals surface area (Å²) in [6.45, 7) is 4.54. The summed E-state index contributed by atoms with van der Waals surface area (Å²) in [5, 5.41) is 3.83. The maximum Gasteiger partial charge on any atom is 0.416 e. The van der Waals surface area contributed by atoms with Gasteiger partial charge in [-0.1, -0.05) is 17.3 Å². The van der Waals surface area contributed by atoms with Crippen molar-refractivity contribution in [2.75, 3.05) is 26.2 Å². The molecular weight excluding hydrogens is 449 g/mol. The molecule has 0 saturated carbocycles. The predicted molar refractivity (Wildman–Crippen MR) is 116 cm³/mol. The molecule has 8 nitrogen and oxygen atoms in total. The Morgan fingerprint density at radius 2 is 1.88 bits per heavy atom. The van der Waals surface area contributed by atoms with E-state index in [-0.39, 0.29) is 17.3 Å². The third-order valence-corrected chi connectivity index (χ3v) is 5.77. The van der Waals surface area contributed by atoms with Crippen molar-refractivity contribution < 1.29 is 22.5 Å². The van der Waals surface area contributed by atoms with E-state index >= 15 is 0 Å². The molecule has 0 bridgehead atoms. The third kappa shape index (κ3) is 4.51. The van der Waals surface area contributed by atoms with Crippen molar-refractivity contribution in [3.8, 4) is 11.4 Å². The van der Waals surface area contributed by atoms with E-state index in [4.69, 9.17) is 4.52 Å². The fourth-order valence-electron chi connectivity index (χ4n) is 3.92. The maximum atomic E-state index is 13.0. The van der Waals surface area contributed by atoms with Gasteiger partial charge < -0.3 is 13.8 Å². The summed E-state index contributed by atoms with van der Waals surface area (Å²) in [5.41, 5.74) is 1.68. The second-order valence-electron chi connectivity index (χ2n) is 8.25. The lowest BCUT2D eigenvalue weighted by molar-refractivity contribution is -0.137. The van der Waals surface area contributed by atoms with Gasteiger partial charge in [0.25, 0.3) is 5.91 Å². The summed E-state index contributed by atoms with van der Waals surface area (Å²) in [7, 11) is 0. The molecule has 4 aromatic rings. The van der Waals surface area contributed by atoms with Gasteiger partial charge in [-0.3, -0.25) is 9.69 Å². The molecular formula is C23H21F3N6O2. The fraction of sp³-hybridized carbons (Fsp3) is 0.304. The first-order chi connectivity index (χ1) is 16.3. The van der Waals surface area contributed by atoms with Crippen LogP contribution in [0.5, 0.6) is 0 Å². The minimum Gasteiger partial charge on any atom is -0.338 e. The van der Waals surface area contributed by atoms with Gasteiger partial charge in [-0.25, -0.2) is 4.98 Å². The van der Waals surface area contributed by atoms with Crippen molar-refractivity contribution >= 4 is 11.6 Å². The SMILES string of the molecule is Cc1ccn2cc(C(=O)N3CCN(Cc4nc(-c5cccc(C(F)(F)F)c5)no4)CC3)nc2c1. The third-order valence-electron chi connectivity index (χ3n) is 5.77. The molecule has 0 aliphatic carbocycles. The number of aromatic nitrogens is 4. The van der Waals surface area contributed by atoms with Gasteiger partial charge in [-0.15, -0.1) is 0 Å². The van der Waals surface area contributed by atoms with Crippen molar-refractivity contribution in [1.29, 1.82) is 0 Å². The van der Waals surface area contributed by atoms with E-state index in [1.165, 1.54) is 12.1 Å². The summed E-state index contributed by atoms with van der Waals surface area (Å²) in [6.07, 6.45) is -0.830. The van der Waals surface area contributed by atoms with E-state index in [1.54, 1.807) is 11.1 Å². The lowest BCUT2D eigenvalue weighted by Gasteiger charge is -2.33. The Morgan fingerprint density at radius 3 is 2.65 bits per heavy atom. The molecule has 3 aromatic heterocycles. The van der Waals surface area contributed by atoms with E-state index in [2.05, 4.69) is 20.0 Å². The standard InChI is InChI=1S/C23H21F3N6O2/c1-15-5-6-32-13-18(27-19(32)11-15)22(33)31-9-7-30(8-10-31)14-20-28-21(29-34-20)16-3-2-4-17(12-16)23(24,25)26/h2-6,11-13H,7-10,14H2,1H3. The number of imidazole rings is 1. The number of pyridine rings is 1. The van der Waals surface area contributed by atoms with Crippen LogP contribution >= 0.6 is 0 Å². The maximum absolute atomic E-state index is 13.0. The molecule has 0 radical (unpaired) electrons. The second-order valence-corrected chi connectivity index (χ2v) is 8.25. The van der Waals surface area contributed by atoms with Gasteiger partial charge in [0.05, 0.1) is 12.1 Å². The van der Waals surface area contributed by atoms with Gasteiger partial charge in [0.2, 0.25) is 11.7 Å². The zero-order chi connectivity index (χ0) is 23.9. The van der Waals surface area contributed by atoms with Crippen molar-refractivity contribution in [1.82, 2.24) is 29.3 Å². The zero-order valence-corrected chi connectivity index (χ0v) is 18.3. The van der Waals surface area contributed by atoms with Crippen molar-refractivity contribution in [2.45, 2.75) is 19.6 Å². The molecule has 4 heterocycles. The molecule has 1 fully saturated rings. The van der Waals surface area contributed by atoms with Crippen LogP contribution in [0.2, 0.25) is 0 Å². The molecule has 34 heavy (non-hydrogen) atoms. The Kier molecular flexibility index (Phi) is 5.56. The molecule has 0 unspecified atom stereocenters. The number of hydrogen-bond acceptors (Lipinski definition) is 6. The first-order valence-corrected chi connectivity index (χ1v) is 10.7. The van der Waals surface area contributed by atoms with Crippen LogP contribution in [-0.4, -0.2) is 61.4 Å². The van der Waals surface area contributed by atoms with Crippen molar-refractivity contribution in [2.24, 2.45) is 0 Å². The Bertz CT molecular complexity index is 1340. The Labute approximate surface area is 192 Å². The minimum atomic E-state index is -4.44. The Morgan fingerprint density at radius 1 is 1.09 bits per heavy atom. The van der Waals surface area contributed by atoms with E-state index < -0.39 is 11.7 Å². The number of halogens is 3. The van der Waals surface area contributed by atoms with Crippen LogP contribution < -0.4 is 0 Å². The normalized spacial score (nSPS) is 15.2. The summed E-state index contributed by atoms with van der Waals surface area (Å²) < 4.78 is 46.0. The topological polar surface area (TPSA) is 79.8 Å². The second kappa shape index (κ2) is 8.56. The summed E-state index contributed by atoms with van der Waals surface area (Å²) in [4.78, 5) is 25.4.